The van der Waals surface area contributed by atoms with Crippen LogP contribution in [0.1, 0.15) is 13.8 Å². The highest BCUT2D eigenvalue weighted by Crippen LogP contribution is 2.21. The molecule has 0 amide bonds. The molecule has 1 N–H and O–H groups in total. The number of hydrogen-bond donors (Lipinski definition) is 1. The Labute approximate surface area is 176 Å². The zero-order valence-electron chi connectivity index (χ0n) is 17.8. The minimum atomic E-state index is -0.0684. The standard InChI is InChI=1S/C23H28N6O/c1-17(2)10-11-29-21(30)9-4-18-16-24-23(26-22(18)29)25-19-5-7-20(8-6-19)28-14-12-27(3)13-15-28/h4-10,16H,11-15H2,1-3H3,(H,24,25,26). The highest BCUT2D eigenvalue weighted by molar-refractivity contribution is 5.75. The molecule has 0 atom stereocenters. The number of fused-ring (bicyclic) bond motifs is 1. The lowest BCUT2D eigenvalue weighted by atomic mass is 10.2. The molecule has 1 aromatic carbocycles. The first kappa shape index (κ1) is 20.1. The Bertz CT molecular complexity index is 1110. The maximum atomic E-state index is 12.4. The lowest BCUT2D eigenvalue weighted by molar-refractivity contribution is 0.313. The Hall–Kier alpha value is -3.19. The van der Waals surface area contributed by atoms with E-state index in [0.29, 0.717) is 18.1 Å². The fourth-order valence-corrected chi connectivity index (χ4v) is 3.53. The second kappa shape index (κ2) is 8.67. The van der Waals surface area contributed by atoms with Crippen LogP contribution in [0.5, 0.6) is 0 Å². The van der Waals surface area contributed by atoms with Gasteiger partial charge in [-0.1, -0.05) is 11.6 Å². The maximum Gasteiger partial charge on any atom is 0.252 e. The van der Waals surface area contributed by atoms with Crippen LogP contribution in [-0.4, -0.2) is 52.7 Å². The Morgan fingerprint density at radius 1 is 1.07 bits per heavy atom. The van der Waals surface area contributed by atoms with E-state index >= 15 is 0 Å². The van der Waals surface area contributed by atoms with Crippen LogP contribution >= 0.6 is 0 Å². The first-order valence-corrected chi connectivity index (χ1v) is 10.3. The van der Waals surface area contributed by atoms with Crippen LogP contribution in [0.25, 0.3) is 11.0 Å². The summed E-state index contributed by atoms with van der Waals surface area (Å²) in [7, 11) is 2.16. The third kappa shape index (κ3) is 4.52. The van der Waals surface area contributed by atoms with Gasteiger partial charge < -0.3 is 15.1 Å². The number of nitrogens with one attached hydrogen (secondary N) is 1. The number of allylic oxidation sites excluding steroid dienone is 2. The number of rotatable bonds is 5. The van der Waals surface area contributed by atoms with Crippen LogP contribution in [0.2, 0.25) is 0 Å². The zero-order valence-corrected chi connectivity index (χ0v) is 17.8. The first-order valence-electron chi connectivity index (χ1n) is 10.3. The number of aromatic nitrogens is 3. The highest BCUT2D eigenvalue weighted by atomic mass is 16.1. The van der Waals surface area contributed by atoms with Crippen molar-refractivity contribution in [2.24, 2.45) is 0 Å². The molecule has 0 spiro atoms. The fourth-order valence-electron chi connectivity index (χ4n) is 3.53. The van der Waals surface area contributed by atoms with Crippen molar-refractivity contribution in [3.63, 3.8) is 0 Å². The molecule has 0 aliphatic carbocycles. The van der Waals surface area contributed by atoms with Gasteiger partial charge in [0.1, 0.15) is 5.65 Å². The molecule has 1 aliphatic rings. The van der Waals surface area contributed by atoms with Crippen molar-refractivity contribution >= 4 is 28.4 Å². The molecule has 0 saturated carbocycles. The van der Waals surface area contributed by atoms with Crippen molar-refractivity contribution in [2.75, 3.05) is 43.4 Å². The molecule has 0 radical (unpaired) electrons. The number of hydrogen-bond acceptors (Lipinski definition) is 6. The summed E-state index contributed by atoms with van der Waals surface area (Å²) in [6, 6.07) is 11.7. The summed E-state index contributed by atoms with van der Waals surface area (Å²) in [4.78, 5) is 26.2. The van der Waals surface area contributed by atoms with E-state index < -0.39 is 0 Å². The van der Waals surface area contributed by atoms with Gasteiger partial charge in [-0.05, 0) is 51.2 Å². The van der Waals surface area contributed by atoms with Gasteiger partial charge in [0.2, 0.25) is 5.95 Å². The Balaban J connectivity index is 1.55. The normalized spacial score (nSPS) is 14.7. The molecule has 3 aromatic rings. The van der Waals surface area contributed by atoms with Crippen LogP contribution in [0.3, 0.4) is 0 Å². The van der Waals surface area contributed by atoms with E-state index in [1.165, 1.54) is 5.69 Å². The number of piperazine rings is 1. The molecule has 3 heterocycles. The van der Waals surface area contributed by atoms with E-state index in [1.807, 2.05) is 32.1 Å². The largest absolute Gasteiger partial charge is 0.369 e. The van der Waals surface area contributed by atoms with Gasteiger partial charge in [0.25, 0.3) is 5.56 Å². The Kier molecular flexibility index (Phi) is 5.81. The summed E-state index contributed by atoms with van der Waals surface area (Å²) in [5, 5.41) is 4.11. The summed E-state index contributed by atoms with van der Waals surface area (Å²) in [6.45, 7) is 8.78. The van der Waals surface area contributed by atoms with Crippen LogP contribution in [-0.2, 0) is 6.54 Å². The molecular weight excluding hydrogens is 376 g/mol. The van der Waals surface area contributed by atoms with Crippen molar-refractivity contribution in [1.82, 2.24) is 19.4 Å². The molecule has 7 heteroatoms. The van der Waals surface area contributed by atoms with Gasteiger partial charge in [-0.2, -0.15) is 4.98 Å². The summed E-state index contributed by atoms with van der Waals surface area (Å²) in [5.41, 5.74) is 3.87. The monoisotopic (exact) mass is 404 g/mol. The van der Waals surface area contributed by atoms with Gasteiger partial charge in [-0.25, -0.2) is 4.98 Å². The first-order chi connectivity index (χ1) is 14.5. The molecule has 156 valence electrons. The maximum absolute atomic E-state index is 12.4. The van der Waals surface area contributed by atoms with E-state index in [9.17, 15) is 4.79 Å². The predicted octanol–water partition coefficient (Wildman–Crippen LogP) is 3.25. The van der Waals surface area contributed by atoms with E-state index in [2.05, 4.69) is 44.3 Å². The van der Waals surface area contributed by atoms with Crippen LogP contribution in [0.4, 0.5) is 17.3 Å². The predicted molar refractivity (Wildman–Crippen MR) is 123 cm³/mol. The number of nitrogens with zero attached hydrogens (tertiary/aromatic N) is 5. The lowest BCUT2D eigenvalue weighted by Gasteiger charge is -2.34. The van der Waals surface area contributed by atoms with Gasteiger partial charge in [0.05, 0.1) is 0 Å². The molecule has 0 unspecified atom stereocenters. The van der Waals surface area contributed by atoms with Crippen molar-refractivity contribution in [2.45, 2.75) is 20.4 Å². The van der Waals surface area contributed by atoms with Crippen molar-refractivity contribution in [3.8, 4) is 0 Å². The molecule has 1 fully saturated rings. The molecular formula is C23H28N6O. The smallest absolute Gasteiger partial charge is 0.252 e. The van der Waals surface area contributed by atoms with Gasteiger partial charge in [0.15, 0.2) is 0 Å². The van der Waals surface area contributed by atoms with Crippen LogP contribution in [0, 0.1) is 0 Å². The van der Waals surface area contributed by atoms with Gasteiger partial charge in [-0.15, -0.1) is 0 Å². The third-order valence-corrected chi connectivity index (χ3v) is 5.40. The van der Waals surface area contributed by atoms with E-state index in [1.54, 1.807) is 22.9 Å². The van der Waals surface area contributed by atoms with Crippen molar-refractivity contribution in [1.29, 1.82) is 0 Å². The summed E-state index contributed by atoms with van der Waals surface area (Å²) >= 11 is 0. The summed E-state index contributed by atoms with van der Waals surface area (Å²) in [5.74, 6) is 0.478. The van der Waals surface area contributed by atoms with E-state index in [4.69, 9.17) is 0 Å². The minimum Gasteiger partial charge on any atom is -0.369 e. The third-order valence-electron chi connectivity index (χ3n) is 5.40. The van der Waals surface area contributed by atoms with E-state index in [-0.39, 0.29) is 5.56 Å². The molecule has 1 aliphatic heterocycles. The molecule has 30 heavy (non-hydrogen) atoms. The van der Waals surface area contributed by atoms with Gasteiger partial charge in [-0.3, -0.25) is 9.36 Å². The highest BCUT2D eigenvalue weighted by Gasteiger charge is 2.14. The number of likely N-dealkylation sites (N-methyl/N-ethyl adjacent to an activating group) is 1. The fraction of sp³-hybridized carbons (Fsp3) is 0.348. The van der Waals surface area contributed by atoms with Gasteiger partial charge in [0, 0.05) is 61.7 Å². The molecule has 7 nitrogen and oxygen atoms in total. The molecule has 1 saturated heterocycles. The average molecular weight is 405 g/mol. The van der Waals surface area contributed by atoms with E-state index in [0.717, 1.165) is 42.8 Å². The van der Waals surface area contributed by atoms with Gasteiger partial charge >= 0.3 is 0 Å². The quantitative estimate of drug-likeness (QED) is 0.659. The number of pyridine rings is 1. The summed E-state index contributed by atoms with van der Waals surface area (Å²) < 4.78 is 1.67. The van der Waals surface area contributed by atoms with Crippen molar-refractivity contribution < 1.29 is 0 Å². The lowest BCUT2D eigenvalue weighted by Crippen LogP contribution is -2.44. The number of anilines is 3. The Morgan fingerprint density at radius 3 is 2.50 bits per heavy atom. The average Bonchev–Trinajstić information content (AvgIpc) is 2.74. The van der Waals surface area contributed by atoms with Crippen LogP contribution < -0.4 is 15.8 Å². The number of benzene rings is 1. The molecule has 0 bridgehead atoms. The van der Waals surface area contributed by atoms with Crippen LogP contribution in [0.15, 0.2) is 59.0 Å². The van der Waals surface area contributed by atoms with Crippen molar-refractivity contribution in [3.05, 3.63) is 64.6 Å². The molecule has 4 rings (SSSR count). The molecule has 2 aromatic heterocycles. The SMILES string of the molecule is CC(C)=CCn1c(=O)ccc2cnc(Nc3ccc(N4CCN(C)CC4)cc3)nc21. The topological polar surface area (TPSA) is 66.3 Å². The summed E-state index contributed by atoms with van der Waals surface area (Å²) in [6.07, 6.45) is 3.77. The zero-order chi connectivity index (χ0) is 21.1. The minimum absolute atomic E-state index is 0.0684. The Morgan fingerprint density at radius 2 is 1.80 bits per heavy atom. The second-order valence-electron chi connectivity index (χ2n) is 8.00. The second-order valence-corrected chi connectivity index (χ2v) is 8.00.